The minimum absolute atomic E-state index is 0.0260. The van der Waals surface area contributed by atoms with E-state index in [4.69, 9.17) is 4.74 Å². The van der Waals surface area contributed by atoms with Gasteiger partial charge >= 0.3 is 0 Å². The Morgan fingerprint density at radius 3 is 2.71 bits per heavy atom. The molecule has 1 heterocycles. The predicted octanol–water partition coefficient (Wildman–Crippen LogP) is 1.21. The quantitative estimate of drug-likeness (QED) is 0.635. The van der Waals surface area contributed by atoms with Crippen molar-refractivity contribution in [1.29, 1.82) is 0 Å². The molecule has 0 atom stereocenters. The van der Waals surface area contributed by atoms with Crippen molar-refractivity contribution in [1.82, 2.24) is 15.2 Å². The van der Waals surface area contributed by atoms with Crippen molar-refractivity contribution in [2.45, 2.75) is 13.8 Å². The summed E-state index contributed by atoms with van der Waals surface area (Å²) in [7, 11) is 1.69. The molecule has 1 aromatic heterocycles. The molecule has 6 heteroatoms. The number of anilines is 1. The van der Waals surface area contributed by atoms with Crippen molar-refractivity contribution in [3.8, 4) is 0 Å². The first-order valence-electron chi connectivity index (χ1n) is 7.41. The highest BCUT2D eigenvalue weighted by atomic mass is 16.5. The molecular formula is C15H26N4O2. The highest BCUT2D eigenvalue weighted by Crippen LogP contribution is 2.09. The van der Waals surface area contributed by atoms with Gasteiger partial charge in [-0.05, 0) is 26.0 Å². The summed E-state index contributed by atoms with van der Waals surface area (Å²) >= 11 is 0. The zero-order valence-corrected chi connectivity index (χ0v) is 13.2. The van der Waals surface area contributed by atoms with Crippen LogP contribution in [0.3, 0.4) is 0 Å². The number of aromatic nitrogens is 1. The number of hydrogen-bond donors (Lipinski definition) is 2. The maximum absolute atomic E-state index is 12.2. The SMILES string of the molecule is CCN(CC)C(=O)c1cc(NCCNCCOC)ccn1. The summed E-state index contributed by atoms with van der Waals surface area (Å²) in [4.78, 5) is 18.1. The van der Waals surface area contributed by atoms with E-state index in [2.05, 4.69) is 15.6 Å². The molecule has 0 aromatic carbocycles. The number of ether oxygens (including phenoxy) is 1. The molecule has 1 amide bonds. The van der Waals surface area contributed by atoms with Gasteiger partial charge in [0.25, 0.3) is 5.91 Å². The standard InChI is InChI=1S/C15H26N4O2/c1-4-19(5-2)15(20)14-12-13(6-7-18-14)17-9-8-16-10-11-21-3/h6-7,12,16H,4-5,8-11H2,1-3H3,(H,17,18). The van der Waals surface area contributed by atoms with E-state index in [0.29, 0.717) is 25.4 Å². The summed E-state index contributed by atoms with van der Waals surface area (Å²) in [6.07, 6.45) is 1.66. The fourth-order valence-electron chi connectivity index (χ4n) is 1.92. The lowest BCUT2D eigenvalue weighted by Gasteiger charge is -2.18. The molecule has 6 nitrogen and oxygen atoms in total. The van der Waals surface area contributed by atoms with Crippen molar-refractivity contribution >= 4 is 11.6 Å². The Balaban J connectivity index is 2.47. The van der Waals surface area contributed by atoms with E-state index in [9.17, 15) is 4.79 Å². The Labute approximate surface area is 126 Å². The summed E-state index contributed by atoms with van der Waals surface area (Å²) in [5.74, 6) is -0.0260. The van der Waals surface area contributed by atoms with Gasteiger partial charge in [-0.3, -0.25) is 9.78 Å². The van der Waals surface area contributed by atoms with Crippen LogP contribution in [-0.4, -0.2) is 62.2 Å². The predicted molar refractivity (Wildman–Crippen MR) is 84.7 cm³/mol. The number of pyridine rings is 1. The van der Waals surface area contributed by atoms with E-state index in [1.165, 1.54) is 0 Å². The van der Waals surface area contributed by atoms with Crippen molar-refractivity contribution in [3.05, 3.63) is 24.0 Å². The molecular weight excluding hydrogens is 268 g/mol. The molecule has 0 spiro atoms. The molecule has 0 fully saturated rings. The summed E-state index contributed by atoms with van der Waals surface area (Å²) in [5.41, 5.74) is 1.39. The lowest BCUT2D eigenvalue weighted by molar-refractivity contribution is 0.0767. The number of nitrogens with zero attached hydrogens (tertiary/aromatic N) is 2. The second-order valence-corrected chi connectivity index (χ2v) is 4.58. The fraction of sp³-hybridized carbons (Fsp3) is 0.600. The van der Waals surface area contributed by atoms with E-state index in [1.807, 2.05) is 19.9 Å². The molecule has 0 aliphatic carbocycles. The van der Waals surface area contributed by atoms with Gasteiger partial charge in [0.15, 0.2) is 0 Å². The topological polar surface area (TPSA) is 66.5 Å². The second-order valence-electron chi connectivity index (χ2n) is 4.58. The molecule has 0 saturated carbocycles. The Kier molecular flexibility index (Phi) is 8.38. The van der Waals surface area contributed by atoms with Crippen molar-refractivity contribution in [3.63, 3.8) is 0 Å². The number of carbonyl (C=O) groups excluding carboxylic acids is 1. The Hall–Kier alpha value is -1.66. The van der Waals surface area contributed by atoms with Crippen molar-refractivity contribution in [2.24, 2.45) is 0 Å². The van der Waals surface area contributed by atoms with E-state index >= 15 is 0 Å². The van der Waals surface area contributed by atoms with Crippen LogP contribution >= 0.6 is 0 Å². The van der Waals surface area contributed by atoms with Crippen molar-refractivity contribution < 1.29 is 9.53 Å². The number of nitrogens with one attached hydrogen (secondary N) is 2. The van der Waals surface area contributed by atoms with E-state index in [1.54, 1.807) is 24.3 Å². The molecule has 0 aliphatic heterocycles. The molecule has 0 unspecified atom stereocenters. The zero-order chi connectivity index (χ0) is 15.5. The summed E-state index contributed by atoms with van der Waals surface area (Å²) in [6, 6.07) is 3.67. The molecule has 118 valence electrons. The van der Waals surface area contributed by atoms with Crippen molar-refractivity contribution in [2.75, 3.05) is 51.8 Å². The number of amides is 1. The first-order valence-corrected chi connectivity index (χ1v) is 7.41. The van der Waals surface area contributed by atoms with Crippen LogP contribution in [-0.2, 0) is 4.74 Å². The Morgan fingerprint density at radius 2 is 2.05 bits per heavy atom. The van der Waals surface area contributed by atoms with Crippen LogP contribution in [0.1, 0.15) is 24.3 Å². The zero-order valence-electron chi connectivity index (χ0n) is 13.2. The van der Waals surface area contributed by atoms with Gasteiger partial charge in [0.1, 0.15) is 5.69 Å². The smallest absolute Gasteiger partial charge is 0.272 e. The van der Waals surface area contributed by atoms with Gasteiger partial charge in [0.2, 0.25) is 0 Å². The van der Waals surface area contributed by atoms with Crippen LogP contribution in [0.15, 0.2) is 18.3 Å². The van der Waals surface area contributed by atoms with Gasteiger partial charge in [-0.15, -0.1) is 0 Å². The maximum atomic E-state index is 12.2. The highest BCUT2D eigenvalue weighted by Gasteiger charge is 2.13. The molecule has 1 aromatic rings. The van der Waals surface area contributed by atoms with Gasteiger partial charge in [-0.1, -0.05) is 0 Å². The highest BCUT2D eigenvalue weighted by molar-refractivity contribution is 5.93. The van der Waals surface area contributed by atoms with E-state index < -0.39 is 0 Å². The summed E-state index contributed by atoms with van der Waals surface area (Å²) < 4.78 is 4.96. The second kappa shape index (κ2) is 10.1. The number of rotatable bonds is 10. The van der Waals surface area contributed by atoms with E-state index in [-0.39, 0.29) is 5.91 Å². The summed E-state index contributed by atoms with van der Waals surface area (Å²) in [5, 5.41) is 6.53. The maximum Gasteiger partial charge on any atom is 0.272 e. The average molecular weight is 294 g/mol. The monoisotopic (exact) mass is 294 g/mol. The third kappa shape index (κ3) is 6.10. The summed E-state index contributed by atoms with van der Waals surface area (Å²) in [6.45, 7) is 8.48. The van der Waals surface area contributed by atoms with Crippen LogP contribution < -0.4 is 10.6 Å². The Bertz CT molecular complexity index is 422. The van der Waals surface area contributed by atoms with Gasteiger partial charge in [0.05, 0.1) is 6.61 Å². The largest absolute Gasteiger partial charge is 0.384 e. The molecule has 21 heavy (non-hydrogen) atoms. The molecule has 1 rings (SSSR count). The molecule has 0 radical (unpaired) electrons. The number of carbonyl (C=O) groups is 1. The normalized spacial score (nSPS) is 10.4. The van der Waals surface area contributed by atoms with Gasteiger partial charge < -0.3 is 20.3 Å². The molecule has 2 N–H and O–H groups in total. The molecule has 0 aliphatic rings. The average Bonchev–Trinajstić information content (AvgIpc) is 2.52. The fourth-order valence-corrected chi connectivity index (χ4v) is 1.92. The first-order chi connectivity index (χ1) is 10.2. The third-order valence-corrected chi connectivity index (χ3v) is 3.14. The lowest BCUT2D eigenvalue weighted by Crippen LogP contribution is -2.31. The van der Waals surface area contributed by atoms with Crippen LogP contribution in [0.2, 0.25) is 0 Å². The lowest BCUT2D eigenvalue weighted by atomic mass is 10.2. The van der Waals surface area contributed by atoms with Crippen LogP contribution in [0.25, 0.3) is 0 Å². The molecule has 0 saturated heterocycles. The van der Waals surface area contributed by atoms with Gasteiger partial charge in [0, 0.05) is 51.7 Å². The molecule has 0 bridgehead atoms. The number of methoxy groups -OCH3 is 1. The van der Waals surface area contributed by atoms with Crippen LogP contribution in [0, 0.1) is 0 Å². The first kappa shape index (κ1) is 17.4. The number of hydrogen-bond acceptors (Lipinski definition) is 5. The minimum atomic E-state index is -0.0260. The minimum Gasteiger partial charge on any atom is -0.384 e. The van der Waals surface area contributed by atoms with E-state index in [0.717, 1.165) is 25.3 Å². The van der Waals surface area contributed by atoms with Gasteiger partial charge in [-0.25, -0.2) is 0 Å². The van der Waals surface area contributed by atoms with Crippen LogP contribution in [0.4, 0.5) is 5.69 Å². The third-order valence-electron chi connectivity index (χ3n) is 3.14. The van der Waals surface area contributed by atoms with Gasteiger partial charge in [-0.2, -0.15) is 0 Å². The van der Waals surface area contributed by atoms with Crippen LogP contribution in [0.5, 0.6) is 0 Å². The Morgan fingerprint density at radius 1 is 1.29 bits per heavy atom.